The van der Waals surface area contributed by atoms with E-state index in [1.807, 2.05) is 40.0 Å². The summed E-state index contributed by atoms with van der Waals surface area (Å²) >= 11 is 0. The fourth-order valence-electron chi connectivity index (χ4n) is 3.36. The first-order valence-electron chi connectivity index (χ1n) is 9.11. The first-order valence-corrected chi connectivity index (χ1v) is 9.11. The number of urea groups is 1. The van der Waals surface area contributed by atoms with Crippen molar-refractivity contribution in [1.82, 2.24) is 24.9 Å². The minimum atomic E-state index is 0.0213. The molecule has 6 nitrogen and oxygen atoms in total. The van der Waals surface area contributed by atoms with E-state index < -0.39 is 0 Å². The van der Waals surface area contributed by atoms with Crippen LogP contribution in [0.5, 0.6) is 0 Å². The molecule has 4 rings (SSSR count). The SMILES string of the molecule is O=C(NCc1ccn(Cc2ccccc2)n1)N1CCN(C2CC2)CC1. The Bertz CT molecular complexity index is 702. The Labute approximate surface area is 148 Å². The Morgan fingerprint density at radius 3 is 2.56 bits per heavy atom. The second-order valence-electron chi connectivity index (χ2n) is 6.90. The van der Waals surface area contributed by atoms with Crippen LogP contribution < -0.4 is 5.32 Å². The minimum absolute atomic E-state index is 0.0213. The molecule has 0 spiro atoms. The molecule has 1 aliphatic carbocycles. The fourth-order valence-corrected chi connectivity index (χ4v) is 3.36. The number of hydrogen-bond donors (Lipinski definition) is 1. The second kappa shape index (κ2) is 7.27. The Hall–Kier alpha value is -2.34. The third kappa shape index (κ3) is 4.20. The average Bonchev–Trinajstić information content (AvgIpc) is 3.41. The van der Waals surface area contributed by atoms with Crippen LogP contribution in [0.25, 0.3) is 0 Å². The standard InChI is InChI=1S/C19H25N5O/c25-19(23-12-10-22(11-13-23)18-6-7-18)20-14-17-8-9-24(21-17)15-16-4-2-1-3-5-16/h1-5,8-9,18H,6-7,10-15H2,(H,20,25). The molecule has 0 unspecified atom stereocenters. The van der Waals surface area contributed by atoms with E-state index in [4.69, 9.17) is 0 Å². The fraction of sp³-hybridized carbons (Fsp3) is 0.474. The highest BCUT2D eigenvalue weighted by atomic mass is 16.2. The Kier molecular flexibility index (Phi) is 4.70. The van der Waals surface area contributed by atoms with Crippen LogP contribution in [0.1, 0.15) is 24.1 Å². The Balaban J connectivity index is 1.23. The van der Waals surface area contributed by atoms with Gasteiger partial charge in [0.05, 0.1) is 18.8 Å². The smallest absolute Gasteiger partial charge is 0.317 e. The molecule has 0 bridgehead atoms. The van der Waals surface area contributed by atoms with Gasteiger partial charge in [0.2, 0.25) is 0 Å². The van der Waals surface area contributed by atoms with Gasteiger partial charge in [-0.15, -0.1) is 0 Å². The maximum Gasteiger partial charge on any atom is 0.317 e. The molecule has 2 aliphatic rings. The third-order valence-electron chi connectivity index (χ3n) is 4.97. The van der Waals surface area contributed by atoms with E-state index in [1.165, 1.54) is 18.4 Å². The van der Waals surface area contributed by atoms with E-state index in [0.29, 0.717) is 6.54 Å². The van der Waals surface area contributed by atoms with Crippen LogP contribution in [0.2, 0.25) is 0 Å². The summed E-state index contributed by atoms with van der Waals surface area (Å²) in [6.45, 7) is 4.88. The second-order valence-corrected chi connectivity index (χ2v) is 6.90. The summed E-state index contributed by atoms with van der Waals surface area (Å²) in [5, 5.41) is 7.54. The number of piperazine rings is 1. The molecule has 6 heteroatoms. The lowest BCUT2D eigenvalue weighted by Gasteiger charge is -2.34. The number of hydrogen-bond acceptors (Lipinski definition) is 3. The zero-order chi connectivity index (χ0) is 17.1. The van der Waals surface area contributed by atoms with Crippen LogP contribution in [0.4, 0.5) is 4.79 Å². The predicted octanol–water partition coefficient (Wildman–Crippen LogP) is 1.92. The van der Waals surface area contributed by atoms with Gasteiger partial charge in [0.25, 0.3) is 0 Å². The molecule has 1 N–H and O–H groups in total. The maximum atomic E-state index is 12.3. The highest BCUT2D eigenvalue weighted by Crippen LogP contribution is 2.27. The van der Waals surface area contributed by atoms with Gasteiger partial charge in [0.1, 0.15) is 0 Å². The predicted molar refractivity (Wildman–Crippen MR) is 96.2 cm³/mol. The van der Waals surface area contributed by atoms with Crippen molar-refractivity contribution in [3.63, 3.8) is 0 Å². The highest BCUT2D eigenvalue weighted by molar-refractivity contribution is 5.74. The van der Waals surface area contributed by atoms with Gasteiger partial charge in [0.15, 0.2) is 0 Å². The monoisotopic (exact) mass is 339 g/mol. The van der Waals surface area contributed by atoms with Crippen molar-refractivity contribution >= 4 is 6.03 Å². The largest absolute Gasteiger partial charge is 0.332 e. The first kappa shape index (κ1) is 16.1. The number of nitrogens with zero attached hydrogens (tertiary/aromatic N) is 4. The summed E-state index contributed by atoms with van der Waals surface area (Å²) in [6.07, 6.45) is 4.62. The Morgan fingerprint density at radius 2 is 1.84 bits per heavy atom. The first-order chi connectivity index (χ1) is 12.3. The van der Waals surface area contributed by atoms with Crippen molar-refractivity contribution in [3.05, 3.63) is 53.9 Å². The molecule has 1 aromatic carbocycles. The van der Waals surface area contributed by atoms with Crippen LogP contribution in [0.15, 0.2) is 42.6 Å². The van der Waals surface area contributed by atoms with Crippen molar-refractivity contribution in [2.45, 2.75) is 32.0 Å². The van der Waals surface area contributed by atoms with Crippen LogP contribution in [0, 0.1) is 0 Å². The number of aromatic nitrogens is 2. The number of nitrogens with one attached hydrogen (secondary N) is 1. The van der Waals surface area contributed by atoms with Gasteiger partial charge >= 0.3 is 6.03 Å². The molecule has 2 heterocycles. The molecule has 1 aromatic heterocycles. The van der Waals surface area contributed by atoms with Crippen LogP contribution >= 0.6 is 0 Å². The number of carbonyl (C=O) groups is 1. The van der Waals surface area contributed by atoms with Gasteiger partial charge in [-0.3, -0.25) is 9.58 Å². The normalized spacial score (nSPS) is 18.3. The molecule has 0 atom stereocenters. The van der Waals surface area contributed by atoms with E-state index in [0.717, 1.165) is 44.5 Å². The lowest BCUT2D eigenvalue weighted by Crippen LogP contribution is -2.52. The molecular formula is C19H25N5O. The third-order valence-corrected chi connectivity index (χ3v) is 4.97. The van der Waals surface area contributed by atoms with E-state index in [1.54, 1.807) is 0 Å². The molecule has 2 amide bonds. The molecule has 2 aromatic rings. The van der Waals surface area contributed by atoms with Gasteiger partial charge in [-0.25, -0.2) is 4.79 Å². The lowest BCUT2D eigenvalue weighted by molar-refractivity contribution is 0.134. The van der Waals surface area contributed by atoms with E-state index in [9.17, 15) is 4.79 Å². The molecule has 25 heavy (non-hydrogen) atoms. The van der Waals surface area contributed by atoms with Gasteiger partial charge in [0, 0.05) is 38.4 Å². The zero-order valence-corrected chi connectivity index (χ0v) is 14.5. The van der Waals surface area contributed by atoms with Gasteiger partial charge in [-0.1, -0.05) is 30.3 Å². The number of rotatable bonds is 5. The summed E-state index contributed by atoms with van der Waals surface area (Å²) in [6, 6.07) is 13.0. The summed E-state index contributed by atoms with van der Waals surface area (Å²) in [4.78, 5) is 16.7. The van der Waals surface area contributed by atoms with Crippen molar-refractivity contribution < 1.29 is 4.79 Å². The van der Waals surface area contributed by atoms with Crippen molar-refractivity contribution in [3.8, 4) is 0 Å². The molecule has 1 saturated carbocycles. The molecular weight excluding hydrogens is 314 g/mol. The number of benzene rings is 1. The average molecular weight is 339 g/mol. The highest BCUT2D eigenvalue weighted by Gasteiger charge is 2.32. The quantitative estimate of drug-likeness (QED) is 0.905. The summed E-state index contributed by atoms with van der Waals surface area (Å²) in [5.74, 6) is 0. The van der Waals surface area contributed by atoms with E-state index in [2.05, 4.69) is 27.4 Å². The number of carbonyl (C=O) groups excluding carboxylic acids is 1. The summed E-state index contributed by atoms with van der Waals surface area (Å²) in [7, 11) is 0. The Morgan fingerprint density at radius 1 is 1.08 bits per heavy atom. The van der Waals surface area contributed by atoms with Crippen molar-refractivity contribution in [2.24, 2.45) is 0 Å². The van der Waals surface area contributed by atoms with Crippen LogP contribution in [-0.4, -0.2) is 57.8 Å². The van der Waals surface area contributed by atoms with E-state index >= 15 is 0 Å². The lowest BCUT2D eigenvalue weighted by atomic mass is 10.2. The molecule has 2 fully saturated rings. The summed E-state index contributed by atoms with van der Waals surface area (Å²) in [5.41, 5.74) is 2.11. The molecule has 0 radical (unpaired) electrons. The molecule has 1 saturated heterocycles. The van der Waals surface area contributed by atoms with E-state index in [-0.39, 0.29) is 6.03 Å². The van der Waals surface area contributed by atoms with Crippen molar-refractivity contribution in [2.75, 3.05) is 26.2 Å². The summed E-state index contributed by atoms with van der Waals surface area (Å²) < 4.78 is 1.91. The zero-order valence-electron chi connectivity index (χ0n) is 14.5. The maximum absolute atomic E-state index is 12.3. The van der Waals surface area contributed by atoms with Gasteiger partial charge in [-0.05, 0) is 24.5 Å². The van der Waals surface area contributed by atoms with Gasteiger partial charge in [-0.2, -0.15) is 5.10 Å². The molecule has 132 valence electrons. The molecule has 1 aliphatic heterocycles. The van der Waals surface area contributed by atoms with Gasteiger partial charge < -0.3 is 10.2 Å². The minimum Gasteiger partial charge on any atom is -0.332 e. The van der Waals surface area contributed by atoms with Crippen LogP contribution in [-0.2, 0) is 13.1 Å². The number of amides is 2. The van der Waals surface area contributed by atoms with Crippen molar-refractivity contribution in [1.29, 1.82) is 0 Å². The topological polar surface area (TPSA) is 53.4 Å². The van der Waals surface area contributed by atoms with Crippen LogP contribution in [0.3, 0.4) is 0 Å².